The average Bonchev–Trinajstić information content (AvgIpc) is 3.19. The van der Waals surface area contributed by atoms with Gasteiger partial charge in [-0.25, -0.2) is 9.97 Å². The lowest BCUT2D eigenvalue weighted by atomic mass is 9.78. The molecule has 7 heteroatoms. The SMILES string of the molecule is CC=C/C=C\C1=C(C)NC(=O)C12Cc1ccc(Nc3cc(C(=O)N4CCCCCC4)ncn3)cc1C2. The number of carbonyl (C=O) groups is 2. The smallest absolute Gasteiger partial charge is 0.272 e. The Morgan fingerprint density at radius 1 is 1.06 bits per heavy atom. The van der Waals surface area contributed by atoms with Crippen LogP contribution in [0.5, 0.6) is 0 Å². The van der Waals surface area contributed by atoms with E-state index in [2.05, 4.69) is 38.8 Å². The molecule has 1 aromatic heterocycles. The number of nitrogens with one attached hydrogen (secondary N) is 2. The van der Waals surface area contributed by atoms with Crippen LogP contribution in [0, 0.1) is 5.41 Å². The highest BCUT2D eigenvalue weighted by atomic mass is 16.2. The van der Waals surface area contributed by atoms with Crippen molar-refractivity contribution in [2.24, 2.45) is 5.41 Å². The van der Waals surface area contributed by atoms with Crippen molar-refractivity contribution < 1.29 is 9.59 Å². The molecule has 1 unspecified atom stereocenters. The minimum atomic E-state index is -0.565. The minimum absolute atomic E-state index is 0.0360. The van der Waals surface area contributed by atoms with E-state index >= 15 is 0 Å². The van der Waals surface area contributed by atoms with E-state index in [-0.39, 0.29) is 11.8 Å². The number of rotatable bonds is 5. The van der Waals surface area contributed by atoms with E-state index < -0.39 is 5.41 Å². The largest absolute Gasteiger partial charge is 0.340 e. The van der Waals surface area contributed by atoms with Gasteiger partial charge in [-0.15, -0.1) is 0 Å². The zero-order chi connectivity index (χ0) is 25.1. The number of amides is 2. The lowest BCUT2D eigenvalue weighted by molar-refractivity contribution is -0.126. The first kappa shape index (κ1) is 24.0. The van der Waals surface area contributed by atoms with E-state index in [1.54, 1.807) is 6.07 Å². The number of aromatic nitrogens is 2. The van der Waals surface area contributed by atoms with Crippen LogP contribution in [0.3, 0.4) is 0 Å². The summed E-state index contributed by atoms with van der Waals surface area (Å²) in [5.74, 6) is 0.615. The van der Waals surface area contributed by atoms with E-state index in [4.69, 9.17) is 0 Å². The van der Waals surface area contributed by atoms with Gasteiger partial charge in [0.05, 0.1) is 5.41 Å². The maximum absolute atomic E-state index is 13.1. The zero-order valence-electron chi connectivity index (χ0n) is 21.0. The highest BCUT2D eigenvalue weighted by Crippen LogP contribution is 2.47. The first-order valence-electron chi connectivity index (χ1n) is 12.8. The Morgan fingerprint density at radius 3 is 2.61 bits per heavy atom. The van der Waals surface area contributed by atoms with Gasteiger partial charge in [0.2, 0.25) is 5.91 Å². The molecule has 1 saturated heterocycles. The van der Waals surface area contributed by atoms with Crippen LogP contribution in [0.2, 0.25) is 0 Å². The lowest BCUT2D eigenvalue weighted by Gasteiger charge is -2.22. The van der Waals surface area contributed by atoms with Gasteiger partial charge in [0.25, 0.3) is 5.91 Å². The number of anilines is 2. The van der Waals surface area contributed by atoms with Crippen LogP contribution in [-0.4, -0.2) is 39.8 Å². The Balaban J connectivity index is 1.34. The third kappa shape index (κ3) is 4.57. The second kappa shape index (κ2) is 10.1. The molecule has 2 aromatic rings. The number of benzene rings is 1. The number of nitrogens with zero attached hydrogens (tertiary/aromatic N) is 3. The zero-order valence-corrected chi connectivity index (χ0v) is 21.0. The molecule has 3 heterocycles. The predicted octanol–water partition coefficient (Wildman–Crippen LogP) is 4.86. The molecule has 186 valence electrons. The van der Waals surface area contributed by atoms with Crippen LogP contribution in [-0.2, 0) is 17.6 Å². The summed E-state index contributed by atoms with van der Waals surface area (Å²) >= 11 is 0. The predicted molar refractivity (Wildman–Crippen MR) is 141 cm³/mol. The van der Waals surface area contributed by atoms with E-state index in [1.165, 1.54) is 24.7 Å². The molecule has 2 aliphatic heterocycles. The summed E-state index contributed by atoms with van der Waals surface area (Å²) in [7, 11) is 0. The summed E-state index contributed by atoms with van der Waals surface area (Å²) in [6, 6.07) is 7.92. The first-order chi connectivity index (χ1) is 17.5. The highest BCUT2D eigenvalue weighted by molar-refractivity contribution is 5.94. The fraction of sp³-hybridized carbons (Fsp3) is 0.379. The summed E-state index contributed by atoms with van der Waals surface area (Å²) < 4.78 is 0. The number of allylic oxidation sites excluding steroid dienone is 5. The van der Waals surface area contributed by atoms with Gasteiger partial charge in [-0.3, -0.25) is 9.59 Å². The Labute approximate surface area is 212 Å². The number of likely N-dealkylation sites (tertiary alicyclic amines) is 1. The summed E-state index contributed by atoms with van der Waals surface area (Å²) in [6.45, 7) is 5.51. The fourth-order valence-corrected chi connectivity index (χ4v) is 5.62. The van der Waals surface area contributed by atoms with Gasteiger partial charge in [0, 0.05) is 30.5 Å². The van der Waals surface area contributed by atoms with Crippen molar-refractivity contribution in [2.45, 2.75) is 52.4 Å². The molecule has 0 bridgehead atoms. The molecule has 0 radical (unpaired) electrons. The van der Waals surface area contributed by atoms with Crippen molar-refractivity contribution in [1.82, 2.24) is 20.2 Å². The van der Waals surface area contributed by atoms with E-state index in [9.17, 15) is 9.59 Å². The number of carbonyl (C=O) groups excluding carboxylic acids is 2. The Bertz CT molecular complexity index is 1270. The second-order valence-electron chi connectivity index (χ2n) is 9.92. The molecule has 7 nitrogen and oxygen atoms in total. The molecule has 5 rings (SSSR count). The van der Waals surface area contributed by atoms with Gasteiger partial charge in [-0.05, 0) is 68.4 Å². The molecule has 0 saturated carbocycles. The third-order valence-corrected chi connectivity index (χ3v) is 7.46. The lowest BCUT2D eigenvalue weighted by Crippen LogP contribution is -2.34. The molecular formula is C29H33N5O2. The summed E-state index contributed by atoms with van der Waals surface area (Å²) in [4.78, 5) is 36.6. The maximum Gasteiger partial charge on any atom is 0.272 e. The standard InChI is InChI=1S/C29H33N5O2/c1-3-4-7-10-24-20(2)32-28(36)29(24)17-21-11-12-23(15-22(21)18-29)33-26-16-25(30-19-31-26)27(35)34-13-8-5-6-9-14-34/h3-4,7,10-12,15-16,19H,5-6,8-9,13-14,17-18H2,1-2H3,(H,32,36)(H,30,31,33)/b4-3?,10-7-. The number of fused-ring (bicyclic) bond motifs is 1. The summed E-state index contributed by atoms with van der Waals surface area (Å²) in [6.07, 6.45) is 15.2. The Morgan fingerprint density at radius 2 is 1.83 bits per heavy atom. The molecule has 1 aromatic carbocycles. The Hall–Kier alpha value is -3.74. The molecule has 1 spiro atoms. The van der Waals surface area contributed by atoms with Crippen molar-refractivity contribution in [2.75, 3.05) is 18.4 Å². The van der Waals surface area contributed by atoms with Crippen LogP contribution in [0.1, 0.15) is 61.1 Å². The molecule has 36 heavy (non-hydrogen) atoms. The quantitative estimate of drug-likeness (QED) is 0.593. The van der Waals surface area contributed by atoms with Gasteiger partial charge in [-0.1, -0.05) is 43.2 Å². The van der Waals surface area contributed by atoms with Crippen LogP contribution in [0.4, 0.5) is 11.5 Å². The highest BCUT2D eigenvalue weighted by Gasteiger charge is 2.50. The molecule has 1 aliphatic carbocycles. The molecule has 1 atom stereocenters. The Kier molecular flexibility index (Phi) is 6.72. The minimum Gasteiger partial charge on any atom is -0.340 e. The summed E-state index contributed by atoms with van der Waals surface area (Å²) in [5.41, 5.74) is 5.04. The van der Waals surface area contributed by atoms with Crippen molar-refractivity contribution >= 4 is 23.3 Å². The average molecular weight is 484 g/mol. The maximum atomic E-state index is 13.1. The van der Waals surface area contributed by atoms with Crippen LogP contribution in [0.15, 0.2) is 66.2 Å². The van der Waals surface area contributed by atoms with Crippen molar-refractivity contribution in [1.29, 1.82) is 0 Å². The van der Waals surface area contributed by atoms with Crippen LogP contribution >= 0.6 is 0 Å². The van der Waals surface area contributed by atoms with E-state index in [0.29, 0.717) is 24.4 Å². The van der Waals surface area contributed by atoms with Crippen LogP contribution in [0.25, 0.3) is 0 Å². The topological polar surface area (TPSA) is 87.2 Å². The van der Waals surface area contributed by atoms with E-state index in [1.807, 2.05) is 43.0 Å². The van der Waals surface area contributed by atoms with Crippen molar-refractivity contribution in [3.8, 4) is 0 Å². The first-order valence-corrected chi connectivity index (χ1v) is 12.8. The van der Waals surface area contributed by atoms with Gasteiger partial charge < -0.3 is 15.5 Å². The molecule has 1 fully saturated rings. The van der Waals surface area contributed by atoms with Gasteiger partial charge in [0.1, 0.15) is 17.8 Å². The van der Waals surface area contributed by atoms with E-state index in [0.717, 1.165) is 48.5 Å². The fourth-order valence-electron chi connectivity index (χ4n) is 5.62. The normalized spacial score (nSPS) is 21.9. The number of hydrogen-bond donors (Lipinski definition) is 2. The third-order valence-electron chi connectivity index (χ3n) is 7.46. The van der Waals surface area contributed by atoms with Crippen molar-refractivity contribution in [3.63, 3.8) is 0 Å². The molecule has 3 aliphatic rings. The monoisotopic (exact) mass is 483 g/mol. The summed E-state index contributed by atoms with van der Waals surface area (Å²) in [5, 5.41) is 6.40. The molecule has 2 amide bonds. The molecule has 2 N–H and O–H groups in total. The van der Waals surface area contributed by atoms with Gasteiger partial charge >= 0.3 is 0 Å². The van der Waals surface area contributed by atoms with Gasteiger partial charge in [0.15, 0.2) is 0 Å². The van der Waals surface area contributed by atoms with Gasteiger partial charge in [-0.2, -0.15) is 0 Å². The van der Waals surface area contributed by atoms with Crippen molar-refractivity contribution in [3.05, 3.63) is 83.0 Å². The number of hydrogen-bond acceptors (Lipinski definition) is 5. The van der Waals surface area contributed by atoms with Crippen LogP contribution < -0.4 is 10.6 Å². The molecular weight excluding hydrogens is 450 g/mol. The second-order valence-corrected chi connectivity index (χ2v) is 9.92.